The van der Waals surface area contributed by atoms with Gasteiger partial charge in [-0.2, -0.15) is 0 Å². The summed E-state index contributed by atoms with van der Waals surface area (Å²) < 4.78 is 5.42. The van der Waals surface area contributed by atoms with Gasteiger partial charge in [0, 0.05) is 24.2 Å². The van der Waals surface area contributed by atoms with Crippen molar-refractivity contribution in [2.45, 2.75) is 31.8 Å². The van der Waals surface area contributed by atoms with Gasteiger partial charge in [-0.25, -0.2) is 4.98 Å². The van der Waals surface area contributed by atoms with Crippen LogP contribution in [0.4, 0.5) is 0 Å². The predicted molar refractivity (Wildman–Crippen MR) is 57.5 cm³/mol. The van der Waals surface area contributed by atoms with Gasteiger partial charge in [-0.05, 0) is 19.8 Å². The van der Waals surface area contributed by atoms with Crippen LogP contribution >= 0.6 is 11.3 Å². The van der Waals surface area contributed by atoms with Crippen LogP contribution in [0.15, 0.2) is 11.6 Å². The Balaban J connectivity index is 1.84. The Labute approximate surface area is 88.5 Å². The van der Waals surface area contributed by atoms with Crippen molar-refractivity contribution in [2.75, 3.05) is 13.2 Å². The van der Waals surface area contributed by atoms with Crippen molar-refractivity contribution >= 4 is 11.3 Å². The van der Waals surface area contributed by atoms with Crippen molar-refractivity contribution in [1.82, 2.24) is 10.3 Å². The smallest absolute Gasteiger partial charge is 0.109 e. The predicted octanol–water partition coefficient (Wildman–Crippen LogP) is 1.97. The molecule has 1 fully saturated rings. The number of nitrogens with zero attached hydrogens (tertiary/aromatic N) is 1. The van der Waals surface area contributed by atoms with E-state index in [4.69, 9.17) is 4.74 Å². The maximum Gasteiger partial charge on any atom is 0.109 e. The lowest BCUT2D eigenvalue weighted by atomic mass is 10.1. The fourth-order valence-corrected chi connectivity index (χ4v) is 2.40. The third-order valence-corrected chi connectivity index (χ3v) is 3.43. The highest BCUT2D eigenvalue weighted by atomic mass is 32.1. The fraction of sp³-hybridized carbons (Fsp3) is 0.700. The minimum Gasteiger partial charge on any atom is -0.380 e. The van der Waals surface area contributed by atoms with E-state index in [1.807, 2.05) is 11.6 Å². The largest absolute Gasteiger partial charge is 0.380 e. The zero-order valence-electron chi connectivity index (χ0n) is 8.40. The molecule has 4 heteroatoms. The molecule has 1 N–H and O–H groups in total. The van der Waals surface area contributed by atoms with E-state index < -0.39 is 0 Å². The minimum atomic E-state index is 0.349. The van der Waals surface area contributed by atoms with E-state index in [-0.39, 0.29) is 0 Å². The SMILES string of the molecule is CC(N[C@@H]1CCCOC1)c1nccs1. The van der Waals surface area contributed by atoms with E-state index in [9.17, 15) is 0 Å². The van der Waals surface area contributed by atoms with Crippen molar-refractivity contribution in [1.29, 1.82) is 0 Å². The van der Waals surface area contributed by atoms with Crippen molar-refractivity contribution in [3.63, 3.8) is 0 Å². The Morgan fingerprint density at radius 3 is 3.29 bits per heavy atom. The molecule has 0 spiro atoms. The molecule has 1 aliphatic heterocycles. The first-order chi connectivity index (χ1) is 6.86. The van der Waals surface area contributed by atoms with Crippen LogP contribution in [0.1, 0.15) is 30.8 Å². The molecule has 1 unspecified atom stereocenters. The van der Waals surface area contributed by atoms with E-state index in [0.29, 0.717) is 12.1 Å². The summed E-state index contributed by atoms with van der Waals surface area (Å²) in [6.45, 7) is 3.92. The normalized spacial score (nSPS) is 24.8. The molecule has 0 saturated carbocycles. The molecule has 3 nitrogen and oxygen atoms in total. The highest BCUT2D eigenvalue weighted by Gasteiger charge is 2.17. The van der Waals surface area contributed by atoms with E-state index >= 15 is 0 Å². The number of nitrogens with one attached hydrogen (secondary N) is 1. The minimum absolute atomic E-state index is 0.349. The number of thiazole rings is 1. The Bertz CT molecular complexity index is 257. The fourth-order valence-electron chi connectivity index (χ4n) is 1.75. The lowest BCUT2D eigenvalue weighted by Gasteiger charge is -2.25. The van der Waals surface area contributed by atoms with Gasteiger partial charge in [0.15, 0.2) is 0 Å². The molecule has 0 radical (unpaired) electrons. The molecule has 0 amide bonds. The molecular weight excluding hydrogens is 196 g/mol. The van der Waals surface area contributed by atoms with Crippen LogP contribution in [0, 0.1) is 0 Å². The van der Waals surface area contributed by atoms with Crippen LogP contribution < -0.4 is 5.32 Å². The van der Waals surface area contributed by atoms with Gasteiger partial charge in [-0.3, -0.25) is 0 Å². The highest BCUT2D eigenvalue weighted by Crippen LogP contribution is 2.17. The molecule has 1 aliphatic rings. The van der Waals surface area contributed by atoms with Gasteiger partial charge in [-0.1, -0.05) is 0 Å². The molecule has 78 valence electrons. The maximum atomic E-state index is 5.42. The summed E-state index contributed by atoms with van der Waals surface area (Å²) in [6, 6.07) is 0.851. The van der Waals surface area contributed by atoms with E-state index in [1.54, 1.807) is 11.3 Å². The zero-order chi connectivity index (χ0) is 9.80. The summed E-state index contributed by atoms with van der Waals surface area (Å²) in [5, 5.41) is 6.73. The molecule has 2 rings (SSSR count). The first-order valence-corrected chi connectivity index (χ1v) is 5.97. The lowest BCUT2D eigenvalue weighted by molar-refractivity contribution is 0.0671. The molecule has 1 aromatic heterocycles. The van der Waals surface area contributed by atoms with Gasteiger partial charge in [0.1, 0.15) is 5.01 Å². The Hall–Kier alpha value is -0.450. The molecule has 1 aromatic rings. The van der Waals surface area contributed by atoms with E-state index in [0.717, 1.165) is 18.2 Å². The van der Waals surface area contributed by atoms with Crippen LogP contribution in [0.25, 0.3) is 0 Å². The van der Waals surface area contributed by atoms with E-state index in [2.05, 4.69) is 17.2 Å². The molecule has 0 bridgehead atoms. The van der Waals surface area contributed by atoms with Gasteiger partial charge >= 0.3 is 0 Å². The average Bonchev–Trinajstić information content (AvgIpc) is 2.72. The maximum absolute atomic E-state index is 5.42. The summed E-state index contributed by atoms with van der Waals surface area (Å²) >= 11 is 1.71. The molecule has 0 aliphatic carbocycles. The second-order valence-corrected chi connectivity index (χ2v) is 4.60. The third kappa shape index (κ3) is 2.53. The Morgan fingerprint density at radius 2 is 2.64 bits per heavy atom. The summed E-state index contributed by atoms with van der Waals surface area (Å²) in [6.07, 6.45) is 4.24. The number of hydrogen-bond donors (Lipinski definition) is 1. The van der Waals surface area contributed by atoms with Crippen molar-refractivity contribution < 1.29 is 4.74 Å². The van der Waals surface area contributed by atoms with Crippen LogP contribution in [0.5, 0.6) is 0 Å². The van der Waals surface area contributed by atoms with Crippen molar-refractivity contribution in [3.8, 4) is 0 Å². The molecule has 1 saturated heterocycles. The van der Waals surface area contributed by atoms with E-state index in [1.165, 1.54) is 12.8 Å². The number of aromatic nitrogens is 1. The molecular formula is C10H16N2OS. The van der Waals surface area contributed by atoms with Crippen LogP contribution in [-0.2, 0) is 4.74 Å². The molecule has 2 heterocycles. The van der Waals surface area contributed by atoms with Gasteiger partial charge < -0.3 is 10.1 Å². The average molecular weight is 212 g/mol. The molecule has 2 atom stereocenters. The lowest BCUT2D eigenvalue weighted by Crippen LogP contribution is -2.38. The van der Waals surface area contributed by atoms with Crippen molar-refractivity contribution in [3.05, 3.63) is 16.6 Å². The summed E-state index contributed by atoms with van der Waals surface area (Å²) in [5.41, 5.74) is 0. The number of hydrogen-bond acceptors (Lipinski definition) is 4. The first kappa shape index (κ1) is 10.1. The van der Waals surface area contributed by atoms with Gasteiger partial charge in [-0.15, -0.1) is 11.3 Å². The van der Waals surface area contributed by atoms with Crippen LogP contribution in [-0.4, -0.2) is 24.2 Å². The quantitative estimate of drug-likeness (QED) is 0.832. The topological polar surface area (TPSA) is 34.1 Å². The second-order valence-electron chi connectivity index (χ2n) is 3.67. The standard InChI is InChI=1S/C10H16N2OS/c1-8(10-11-4-6-14-10)12-9-3-2-5-13-7-9/h4,6,8-9,12H,2-3,5,7H2,1H3/t8?,9-/m1/s1. The van der Waals surface area contributed by atoms with Gasteiger partial charge in [0.2, 0.25) is 0 Å². The first-order valence-electron chi connectivity index (χ1n) is 5.09. The Kier molecular flexibility index (Phi) is 3.50. The third-order valence-electron chi connectivity index (χ3n) is 2.47. The molecule has 14 heavy (non-hydrogen) atoms. The van der Waals surface area contributed by atoms with Gasteiger partial charge in [0.05, 0.1) is 12.6 Å². The molecule has 0 aromatic carbocycles. The monoisotopic (exact) mass is 212 g/mol. The summed E-state index contributed by atoms with van der Waals surface area (Å²) in [5.74, 6) is 0. The highest BCUT2D eigenvalue weighted by molar-refractivity contribution is 7.09. The second kappa shape index (κ2) is 4.87. The van der Waals surface area contributed by atoms with Gasteiger partial charge in [0.25, 0.3) is 0 Å². The van der Waals surface area contributed by atoms with Crippen LogP contribution in [0.2, 0.25) is 0 Å². The summed E-state index contributed by atoms with van der Waals surface area (Å²) in [4.78, 5) is 4.30. The number of ether oxygens (including phenoxy) is 1. The Morgan fingerprint density at radius 1 is 1.71 bits per heavy atom. The van der Waals surface area contributed by atoms with Crippen LogP contribution in [0.3, 0.4) is 0 Å². The summed E-state index contributed by atoms with van der Waals surface area (Å²) in [7, 11) is 0. The zero-order valence-corrected chi connectivity index (χ0v) is 9.22. The number of rotatable bonds is 3. The van der Waals surface area contributed by atoms with Crippen molar-refractivity contribution in [2.24, 2.45) is 0 Å².